The first-order chi connectivity index (χ1) is 39.8. The lowest BCUT2D eigenvalue weighted by Gasteiger charge is -2.34. The maximum atomic E-state index is 14.6. The first-order valence-electron chi connectivity index (χ1n) is 28.5. The van der Waals surface area contributed by atoms with Crippen molar-refractivity contribution in [1.29, 1.82) is 0 Å². The second kappa shape index (κ2) is 33.9. The van der Waals surface area contributed by atoms with E-state index in [2.05, 4.69) is 44.9 Å². The fourth-order valence-electron chi connectivity index (χ4n) is 9.73. The van der Waals surface area contributed by atoms with Gasteiger partial charge in [-0.15, -0.1) is 0 Å². The number of carbonyl (C=O) groups is 6. The van der Waals surface area contributed by atoms with E-state index in [-0.39, 0.29) is 75.2 Å². The standard InChI is InChI=1S/C64H82N8O10/c1-47(65-5)59(73)67-57(61(75)71-37-23-33-55(71)43-69(39-35-51-25-13-9-14-26-51)63(77)81-45-53-29-17-11-18-30-53)49(3)79-41-21-7-8-22-42-80-50(4)58(68-60(74)48(2)66-6)62(76)72-38-24-34-56(72)44-70(40-36-52-27-15-10-16-28-52)64(78)82-46-54-31-19-12-20-32-54/h9-20,25-32,47-50,55-58,65-66H,23-24,33-46H2,1-6H3,(H,67,73)(H,68,74)/t47-,48-,49+,50+,55-,56-,57-,58-/m0/s1. The van der Waals surface area contributed by atoms with Crippen molar-refractivity contribution >= 4 is 35.8 Å². The summed E-state index contributed by atoms with van der Waals surface area (Å²) in [5.41, 5.74) is 3.85. The fraction of sp³-hybridized carbons (Fsp3) is 0.469. The topological polar surface area (TPSA) is 200 Å². The Labute approximate surface area is 484 Å². The minimum atomic E-state index is -1.07. The van der Waals surface area contributed by atoms with Crippen LogP contribution in [0.1, 0.15) is 75.6 Å². The molecule has 2 aliphatic heterocycles. The number of nitrogens with zero attached hydrogens (tertiary/aromatic N) is 4. The Morgan fingerprint density at radius 2 is 0.866 bits per heavy atom. The zero-order valence-corrected chi connectivity index (χ0v) is 48.4. The van der Waals surface area contributed by atoms with Gasteiger partial charge in [0.1, 0.15) is 38.5 Å². The van der Waals surface area contributed by atoms with Crippen LogP contribution in [0.4, 0.5) is 9.59 Å². The van der Waals surface area contributed by atoms with Crippen LogP contribution in [0.25, 0.3) is 0 Å². The number of likely N-dealkylation sites (N-methyl/N-ethyl adjacent to an activating group) is 2. The molecule has 18 nitrogen and oxygen atoms in total. The van der Waals surface area contributed by atoms with Crippen molar-refractivity contribution in [2.45, 2.75) is 128 Å². The maximum absolute atomic E-state index is 14.6. The largest absolute Gasteiger partial charge is 0.445 e. The summed E-state index contributed by atoms with van der Waals surface area (Å²) in [4.78, 5) is 90.0. The molecular weight excluding hydrogens is 1040 g/mol. The van der Waals surface area contributed by atoms with E-state index in [0.717, 1.165) is 22.3 Å². The molecule has 2 heterocycles. The molecule has 0 unspecified atom stereocenters. The summed E-state index contributed by atoms with van der Waals surface area (Å²) in [7, 11) is 3.32. The SMILES string of the molecule is CN[C@@H](C)C(=O)N[C@H](C(=O)N1CCC[C@H]1CN(CCc1ccccc1)C(=O)OCc1ccccc1)[C@@H](C)OCC#CC#CCO[C@H](C)[C@H](NC(=O)[C@H](C)NC)C(=O)N1CCC[C@H]1CN(CCc1ccccc1)C(=O)OCc1ccccc1. The van der Waals surface area contributed by atoms with Crippen LogP contribution in [0.2, 0.25) is 0 Å². The Hall–Kier alpha value is -7.74. The predicted molar refractivity (Wildman–Crippen MR) is 313 cm³/mol. The van der Waals surface area contributed by atoms with E-state index in [1.54, 1.807) is 61.4 Å². The van der Waals surface area contributed by atoms with E-state index in [9.17, 15) is 28.8 Å². The second-order valence-electron chi connectivity index (χ2n) is 20.7. The van der Waals surface area contributed by atoms with Gasteiger partial charge in [-0.2, -0.15) is 0 Å². The highest BCUT2D eigenvalue weighted by molar-refractivity contribution is 5.91. The average Bonchev–Trinajstić information content (AvgIpc) is 4.19. The van der Waals surface area contributed by atoms with E-state index >= 15 is 0 Å². The molecule has 6 rings (SSSR count). The maximum Gasteiger partial charge on any atom is 0.410 e. The first kappa shape index (κ1) is 63.4. The molecule has 2 fully saturated rings. The quantitative estimate of drug-likeness (QED) is 0.0505. The summed E-state index contributed by atoms with van der Waals surface area (Å²) < 4.78 is 23.8. The first-order valence-corrected chi connectivity index (χ1v) is 28.5. The van der Waals surface area contributed by atoms with Crippen molar-refractivity contribution in [2.24, 2.45) is 0 Å². The third-order valence-electron chi connectivity index (χ3n) is 14.9. The van der Waals surface area contributed by atoms with E-state index < -0.39 is 48.6 Å². The number of ether oxygens (including phenoxy) is 4. The molecule has 0 aliphatic carbocycles. The van der Waals surface area contributed by atoms with Gasteiger partial charge in [0.15, 0.2) is 0 Å². The van der Waals surface area contributed by atoms with Crippen LogP contribution < -0.4 is 21.3 Å². The minimum Gasteiger partial charge on any atom is -0.445 e. The van der Waals surface area contributed by atoms with Crippen LogP contribution in [0, 0.1) is 23.7 Å². The molecule has 4 N–H and O–H groups in total. The lowest BCUT2D eigenvalue weighted by Crippen LogP contribution is -2.58. The van der Waals surface area contributed by atoms with Crippen LogP contribution >= 0.6 is 0 Å². The van der Waals surface area contributed by atoms with Crippen molar-refractivity contribution in [3.8, 4) is 23.7 Å². The number of likely N-dealkylation sites (tertiary alicyclic amines) is 2. The Bertz CT molecular complexity index is 2580. The molecule has 82 heavy (non-hydrogen) atoms. The number of benzene rings is 4. The highest BCUT2D eigenvalue weighted by Gasteiger charge is 2.40. The van der Waals surface area contributed by atoms with Crippen molar-refractivity contribution in [3.05, 3.63) is 144 Å². The number of nitrogens with one attached hydrogen (secondary N) is 4. The van der Waals surface area contributed by atoms with Gasteiger partial charge in [0.2, 0.25) is 23.6 Å². The summed E-state index contributed by atoms with van der Waals surface area (Å²) in [6.07, 6.45) is 1.34. The van der Waals surface area contributed by atoms with Crippen LogP contribution in [-0.2, 0) is 64.2 Å². The zero-order valence-electron chi connectivity index (χ0n) is 48.4. The summed E-state index contributed by atoms with van der Waals surface area (Å²) >= 11 is 0. The number of carbonyl (C=O) groups excluding carboxylic acids is 6. The fourth-order valence-corrected chi connectivity index (χ4v) is 9.73. The molecule has 4 aromatic carbocycles. The van der Waals surface area contributed by atoms with Crippen LogP contribution in [0.5, 0.6) is 0 Å². The van der Waals surface area contributed by atoms with Gasteiger partial charge in [-0.05, 0) is 114 Å². The molecule has 8 atom stereocenters. The summed E-state index contributed by atoms with van der Waals surface area (Å²) in [6.45, 7) is 8.90. The Balaban J connectivity index is 1.07. The molecule has 4 aromatic rings. The third kappa shape index (κ3) is 20.1. The monoisotopic (exact) mass is 1120 g/mol. The Morgan fingerprint density at radius 1 is 0.524 bits per heavy atom. The Kier molecular flexibility index (Phi) is 26.2. The molecule has 0 radical (unpaired) electrons. The van der Waals surface area contributed by atoms with Crippen LogP contribution in [-0.4, -0.2) is 170 Å². The molecule has 0 saturated carbocycles. The predicted octanol–water partition coefficient (Wildman–Crippen LogP) is 5.73. The number of rotatable bonds is 28. The highest BCUT2D eigenvalue weighted by atomic mass is 16.6. The summed E-state index contributed by atoms with van der Waals surface area (Å²) in [5, 5.41) is 11.7. The van der Waals surface area contributed by atoms with Gasteiger partial charge >= 0.3 is 12.2 Å². The molecule has 0 bridgehead atoms. The molecule has 18 heteroatoms. The van der Waals surface area contributed by atoms with E-state index in [1.165, 1.54) is 0 Å². The minimum absolute atomic E-state index is 0.110. The van der Waals surface area contributed by atoms with Crippen molar-refractivity contribution < 1.29 is 47.7 Å². The van der Waals surface area contributed by atoms with E-state index in [4.69, 9.17) is 18.9 Å². The number of hydrogen-bond acceptors (Lipinski definition) is 12. The van der Waals surface area contributed by atoms with Gasteiger partial charge in [-0.3, -0.25) is 19.2 Å². The van der Waals surface area contributed by atoms with Gasteiger partial charge in [-0.1, -0.05) is 133 Å². The molecule has 0 aromatic heterocycles. The molecule has 438 valence electrons. The Morgan fingerprint density at radius 3 is 1.21 bits per heavy atom. The summed E-state index contributed by atoms with van der Waals surface area (Å²) in [5.74, 6) is 9.82. The summed E-state index contributed by atoms with van der Waals surface area (Å²) in [6, 6.07) is 34.7. The van der Waals surface area contributed by atoms with Crippen LogP contribution in [0.3, 0.4) is 0 Å². The van der Waals surface area contributed by atoms with Gasteiger partial charge in [0, 0.05) is 51.4 Å². The molecular formula is C64H82N8O10. The normalized spacial score (nSPS) is 16.8. The molecule has 2 aliphatic rings. The van der Waals surface area contributed by atoms with Gasteiger partial charge < -0.3 is 59.8 Å². The molecule has 6 amide bonds. The zero-order chi connectivity index (χ0) is 58.6. The van der Waals surface area contributed by atoms with E-state index in [1.807, 2.05) is 121 Å². The number of amides is 6. The van der Waals surface area contributed by atoms with Gasteiger partial charge in [0.25, 0.3) is 0 Å². The number of hydrogen-bond donors (Lipinski definition) is 4. The van der Waals surface area contributed by atoms with Crippen LogP contribution in [0.15, 0.2) is 121 Å². The third-order valence-corrected chi connectivity index (χ3v) is 14.9. The molecule has 2 saturated heterocycles. The van der Waals surface area contributed by atoms with E-state index in [0.29, 0.717) is 64.7 Å². The van der Waals surface area contributed by atoms with Gasteiger partial charge in [0.05, 0.1) is 24.3 Å². The lowest BCUT2D eigenvalue weighted by molar-refractivity contribution is -0.141. The smallest absolute Gasteiger partial charge is 0.410 e. The second-order valence-corrected chi connectivity index (χ2v) is 20.7. The average molecular weight is 1120 g/mol. The highest BCUT2D eigenvalue weighted by Crippen LogP contribution is 2.24. The van der Waals surface area contributed by atoms with Gasteiger partial charge in [-0.25, -0.2) is 9.59 Å². The van der Waals surface area contributed by atoms with Crippen molar-refractivity contribution in [2.75, 3.05) is 66.6 Å². The van der Waals surface area contributed by atoms with Crippen molar-refractivity contribution in [1.82, 2.24) is 40.9 Å². The van der Waals surface area contributed by atoms with Crippen molar-refractivity contribution in [3.63, 3.8) is 0 Å². The lowest BCUT2D eigenvalue weighted by atomic mass is 10.1. The molecule has 0 spiro atoms.